The molecule has 4 rings (SSSR count). The van der Waals surface area contributed by atoms with Crippen LogP contribution in [0.3, 0.4) is 0 Å². The van der Waals surface area contributed by atoms with E-state index >= 15 is 0 Å². The quantitative estimate of drug-likeness (QED) is 0.605. The minimum absolute atomic E-state index is 0.0349. The molecule has 0 radical (unpaired) electrons. The molecule has 0 spiro atoms. The third-order valence-corrected chi connectivity index (χ3v) is 5.48. The van der Waals surface area contributed by atoms with E-state index in [0.717, 1.165) is 28.9 Å². The molecule has 2 aromatic heterocycles. The molecule has 2 N–H and O–H groups in total. The van der Waals surface area contributed by atoms with Crippen molar-refractivity contribution in [2.45, 2.75) is 39.5 Å². The molecular formula is C24H23F2N3O2. The first-order valence-electron chi connectivity index (χ1n) is 10.1. The van der Waals surface area contributed by atoms with Gasteiger partial charge in [-0.2, -0.15) is 8.78 Å². The second-order valence-electron chi connectivity index (χ2n) is 8.66. The van der Waals surface area contributed by atoms with E-state index in [0.29, 0.717) is 24.0 Å². The summed E-state index contributed by atoms with van der Waals surface area (Å²) in [7, 11) is 0. The Morgan fingerprint density at radius 3 is 2.65 bits per heavy atom. The highest BCUT2D eigenvalue weighted by Gasteiger charge is 2.35. The smallest absolute Gasteiger partial charge is 0.315 e. The van der Waals surface area contributed by atoms with Gasteiger partial charge in [0, 0.05) is 35.9 Å². The maximum atomic E-state index is 13.1. The van der Waals surface area contributed by atoms with Crippen molar-refractivity contribution in [2.24, 2.45) is 5.41 Å². The summed E-state index contributed by atoms with van der Waals surface area (Å²) < 4.78 is 25.3. The van der Waals surface area contributed by atoms with Crippen LogP contribution in [-0.2, 0) is 17.6 Å². The summed E-state index contributed by atoms with van der Waals surface area (Å²) in [5, 5.41) is 2.12. The number of H-pyrrole nitrogens is 1. The van der Waals surface area contributed by atoms with E-state index in [1.807, 2.05) is 30.3 Å². The average molecular weight is 423 g/mol. The lowest BCUT2D eigenvalue weighted by atomic mass is 9.75. The molecule has 5 nitrogen and oxygen atoms in total. The van der Waals surface area contributed by atoms with Gasteiger partial charge in [0.05, 0.1) is 5.69 Å². The number of carbonyl (C=O) groups excluding carboxylic acids is 2. The minimum atomic E-state index is -3.13. The molecule has 1 amide bonds. The number of amides is 1. The largest absolute Gasteiger partial charge is 0.358 e. The van der Waals surface area contributed by atoms with E-state index in [1.165, 1.54) is 6.20 Å². The van der Waals surface area contributed by atoms with E-state index in [-0.39, 0.29) is 17.0 Å². The third kappa shape index (κ3) is 4.40. The Balaban J connectivity index is 1.81. The van der Waals surface area contributed by atoms with Crippen LogP contribution in [0.5, 0.6) is 0 Å². The number of fused-ring (bicyclic) bond motifs is 1. The van der Waals surface area contributed by atoms with Crippen LogP contribution >= 0.6 is 0 Å². The zero-order chi connectivity index (χ0) is 22.2. The van der Waals surface area contributed by atoms with Gasteiger partial charge in [-0.25, -0.2) is 4.98 Å². The molecule has 0 fully saturated rings. The van der Waals surface area contributed by atoms with Crippen molar-refractivity contribution < 1.29 is 18.4 Å². The number of nitrogens with one attached hydrogen (secondary N) is 2. The zero-order valence-electron chi connectivity index (χ0n) is 17.3. The van der Waals surface area contributed by atoms with Crippen molar-refractivity contribution in [3.05, 3.63) is 71.0 Å². The molecule has 7 heteroatoms. The Kier molecular flexibility index (Phi) is 5.43. The molecule has 0 aliphatic heterocycles. The molecule has 0 bridgehead atoms. The van der Waals surface area contributed by atoms with Gasteiger partial charge in [0.15, 0.2) is 5.78 Å². The SMILES string of the molecule is CC1(C)CC(=O)c2c([nH]c(-c3ccnc(NC(=O)C(F)F)c3)c2Cc2ccccc2)C1. The van der Waals surface area contributed by atoms with Gasteiger partial charge in [0.2, 0.25) is 0 Å². The molecule has 31 heavy (non-hydrogen) atoms. The first-order chi connectivity index (χ1) is 14.7. The van der Waals surface area contributed by atoms with Crippen molar-refractivity contribution in [3.8, 4) is 11.3 Å². The number of halogens is 2. The van der Waals surface area contributed by atoms with Gasteiger partial charge < -0.3 is 10.3 Å². The number of rotatable bonds is 5. The van der Waals surface area contributed by atoms with Crippen LogP contribution < -0.4 is 5.32 Å². The summed E-state index contributed by atoms with van der Waals surface area (Å²) in [6.45, 7) is 4.13. The average Bonchev–Trinajstić information content (AvgIpc) is 3.06. The number of aromatic amines is 1. The lowest BCUT2D eigenvalue weighted by molar-refractivity contribution is -0.126. The monoisotopic (exact) mass is 423 g/mol. The molecule has 0 saturated heterocycles. The summed E-state index contributed by atoms with van der Waals surface area (Å²) in [6.07, 6.45) is 0.0710. The summed E-state index contributed by atoms with van der Waals surface area (Å²) in [5.74, 6) is -1.27. The highest BCUT2D eigenvalue weighted by atomic mass is 19.3. The standard InChI is InChI=1S/C24H23F2N3O2/c1-24(2)12-17-20(18(30)13-24)16(10-14-6-4-3-5-7-14)21(28-17)15-8-9-27-19(11-15)29-23(31)22(25)26/h3-9,11,22,28H,10,12-13H2,1-2H3,(H,27,29,31). The molecule has 160 valence electrons. The van der Waals surface area contributed by atoms with Gasteiger partial charge in [-0.15, -0.1) is 0 Å². The molecule has 1 aliphatic rings. The Bertz CT molecular complexity index is 1140. The predicted molar refractivity (Wildman–Crippen MR) is 114 cm³/mol. The lowest BCUT2D eigenvalue weighted by Gasteiger charge is -2.28. The van der Waals surface area contributed by atoms with Gasteiger partial charge in [-0.05, 0) is 35.1 Å². The third-order valence-electron chi connectivity index (χ3n) is 5.48. The van der Waals surface area contributed by atoms with Crippen LogP contribution in [0.2, 0.25) is 0 Å². The number of hydrogen-bond donors (Lipinski definition) is 2. The van der Waals surface area contributed by atoms with E-state index in [2.05, 4.69) is 29.1 Å². The van der Waals surface area contributed by atoms with Crippen LogP contribution in [0.4, 0.5) is 14.6 Å². The second kappa shape index (κ2) is 8.06. The fraction of sp³-hybridized carbons (Fsp3) is 0.292. The van der Waals surface area contributed by atoms with Gasteiger partial charge in [-0.1, -0.05) is 44.2 Å². The van der Waals surface area contributed by atoms with Gasteiger partial charge >= 0.3 is 6.43 Å². The Morgan fingerprint density at radius 1 is 1.19 bits per heavy atom. The van der Waals surface area contributed by atoms with Crippen LogP contribution in [0.1, 0.15) is 47.4 Å². The maximum absolute atomic E-state index is 13.1. The van der Waals surface area contributed by atoms with Crippen LogP contribution in [-0.4, -0.2) is 28.1 Å². The normalized spacial score (nSPS) is 15.1. The number of benzene rings is 1. The Morgan fingerprint density at radius 2 is 1.94 bits per heavy atom. The maximum Gasteiger partial charge on any atom is 0.315 e. The summed E-state index contributed by atoms with van der Waals surface area (Å²) in [6, 6.07) is 13.1. The molecule has 2 heterocycles. The topological polar surface area (TPSA) is 74.8 Å². The number of pyridine rings is 1. The van der Waals surface area contributed by atoms with Crippen molar-refractivity contribution in [2.75, 3.05) is 5.32 Å². The highest BCUT2D eigenvalue weighted by Crippen LogP contribution is 2.40. The number of hydrogen-bond acceptors (Lipinski definition) is 3. The van der Waals surface area contributed by atoms with E-state index in [9.17, 15) is 18.4 Å². The number of ketones is 1. The fourth-order valence-corrected chi connectivity index (χ4v) is 4.19. The summed E-state index contributed by atoms with van der Waals surface area (Å²) in [5.41, 5.74) is 4.80. The summed E-state index contributed by atoms with van der Waals surface area (Å²) in [4.78, 5) is 31.9. The summed E-state index contributed by atoms with van der Waals surface area (Å²) >= 11 is 0. The Labute approximate surface area is 178 Å². The molecule has 0 unspecified atom stereocenters. The number of carbonyl (C=O) groups is 2. The molecule has 0 saturated carbocycles. The van der Waals surface area contributed by atoms with E-state index in [1.54, 1.807) is 12.1 Å². The molecule has 0 atom stereocenters. The van der Waals surface area contributed by atoms with E-state index < -0.39 is 12.3 Å². The molecular weight excluding hydrogens is 400 g/mol. The van der Waals surface area contributed by atoms with Crippen molar-refractivity contribution in [1.82, 2.24) is 9.97 Å². The fourth-order valence-electron chi connectivity index (χ4n) is 4.19. The molecule has 3 aromatic rings. The van der Waals surface area contributed by atoms with E-state index in [4.69, 9.17) is 0 Å². The number of aromatic nitrogens is 2. The number of alkyl halides is 2. The molecule has 1 aliphatic carbocycles. The first-order valence-corrected chi connectivity index (χ1v) is 10.1. The van der Waals surface area contributed by atoms with Crippen LogP contribution in [0, 0.1) is 5.41 Å². The van der Waals surface area contributed by atoms with Gasteiger partial charge in [-0.3, -0.25) is 9.59 Å². The number of anilines is 1. The van der Waals surface area contributed by atoms with Crippen LogP contribution in [0.25, 0.3) is 11.3 Å². The predicted octanol–water partition coefficient (Wildman–Crippen LogP) is 5.03. The first kappa shape index (κ1) is 20.9. The van der Waals surface area contributed by atoms with Crippen LogP contribution in [0.15, 0.2) is 48.7 Å². The van der Waals surface area contributed by atoms with Crippen molar-refractivity contribution in [3.63, 3.8) is 0 Å². The highest BCUT2D eigenvalue weighted by molar-refractivity contribution is 6.02. The lowest BCUT2D eigenvalue weighted by Crippen LogP contribution is -2.27. The van der Waals surface area contributed by atoms with Crippen molar-refractivity contribution >= 4 is 17.5 Å². The molecule has 1 aromatic carbocycles. The zero-order valence-corrected chi connectivity index (χ0v) is 17.3. The minimum Gasteiger partial charge on any atom is -0.358 e. The van der Waals surface area contributed by atoms with Gasteiger partial charge in [0.25, 0.3) is 5.91 Å². The number of nitrogens with zero attached hydrogens (tertiary/aromatic N) is 1. The second-order valence-corrected chi connectivity index (χ2v) is 8.66. The van der Waals surface area contributed by atoms with Crippen molar-refractivity contribution in [1.29, 1.82) is 0 Å². The van der Waals surface area contributed by atoms with Gasteiger partial charge in [0.1, 0.15) is 5.82 Å². The Hall–Kier alpha value is -3.35. The number of Topliss-reactive ketones (excluding diaryl/α,β-unsaturated/α-hetero) is 1.